The van der Waals surface area contributed by atoms with Crippen LogP contribution in [0.1, 0.15) is 20.3 Å². The van der Waals surface area contributed by atoms with Gasteiger partial charge in [0.15, 0.2) is 0 Å². The van der Waals surface area contributed by atoms with E-state index in [1.807, 2.05) is 0 Å². The molecule has 0 aromatic rings. The summed E-state index contributed by atoms with van der Waals surface area (Å²) in [5.74, 6) is 4.83. The minimum absolute atomic E-state index is 0.916. The van der Waals surface area contributed by atoms with E-state index >= 15 is 0 Å². The fraction of sp³-hybridized carbons (Fsp3) is 1.00. The number of rotatable bonds is 0. The molecular weight excluding hydrogens is 108 g/mol. The highest BCUT2D eigenvalue weighted by Crippen LogP contribution is 3.04. The molecule has 0 heterocycles. The van der Waals surface area contributed by atoms with Crippen molar-refractivity contribution in [3.63, 3.8) is 0 Å². The van der Waals surface area contributed by atoms with Gasteiger partial charge in [0.1, 0.15) is 0 Å². The van der Waals surface area contributed by atoms with Crippen LogP contribution in [0.4, 0.5) is 0 Å². The first-order valence-electron chi connectivity index (χ1n) is 4.22. The molecule has 9 heavy (non-hydrogen) atoms. The van der Waals surface area contributed by atoms with Gasteiger partial charge in [0.2, 0.25) is 0 Å². The summed E-state index contributed by atoms with van der Waals surface area (Å²) in [5, 5.41) is 0. The number of hydrogen-bond donors (Lipinski definition) is 0. The molecule has 0 aromatic heterocycles. The van der Waals surface area contributed by atoms with Gasteiger partial charge < -0.3 is 0 Å². The molecule has 0 amide bonds. The van der Waals surface area contributed by atoms with Crippen LogP contribution in [0.3, 0.4) is 0 Å². The summed E-state index contributed by atoms with van der Waals surface area (Å²) >= 11 is 0. The summed E-state index contributed by atoms with van der Waals surface area (Å²) in [6.45, 7) is 5.06. The van der Waals surface area contributed by atoms with Crippen LogP contribution >= 0.6 is 0 Å². The highest BCUT2D eigenvalue weighted by atomic mass is 15.0. The third-order valence-electron chi connectivity index (χ3n) is 5.37. The summed E-state index contributed by atoms with van der Waals surface area (Å²) in [6, 6.07) is 0. The molecule has 4 unspecified atom stereocenters. The van der Waals surface area contributed by atoms with E-state index in [1.54, 1.807) is 6.42 Å². The topological polar surface area (TPSA) is 0 Å². The molecule has 48 valence electrons. The van der Waals surface area contributed by atoms with Crippen LogP contribution in [0.25, 0.3) is 0 Å². The van der Waals surface area contributed by atoms with Crippen molar-refractivity contribution in [2.24, 2.45) is 34.5 Å². The van der Waals surface area contributed by atoms with Crippen LogP contribution in [0.2, 0.25) is 0 Å². The zero-order valence-electron chi connectivity index (χ0n) is 6.02. The van der Waals surface area contributed by atoms with E-state index in [0.717, 1.165) is 10.8 Å². The van der Waals surface area contributed by atoms with Crippen molar-refractivity contribution in [2.45, 2.75) is 20.3 Å². The van der Waals surface area contributed by atoms with Gasteiger partial charge in [0, 0.05) is 0 Å². The zero-order valence-corrected chi connectivity index (χ0v) is 6.02. The Labute approximate surface area is 55.6 Å². The Hall–Kier alpha value is 0. The van der Waals surface area contributed by atoms with Crippen molar-refractivity contribution in [3.05, 3.63) is 0 Å². The second kappa shape index (κ2) is 0.627. The van der Waals surface area contributed by atoms with Crippen LogP contribution in [-0.2, 0) is 0 Å². The molecule has 0 aromatic carbocycles. The SMILES string of the molecule is CC12C3[C@H]1C[C@H]1C2C31C. The lowest BCUT2D eigenvalue weighted by Crippen LogP contribution is -2.23. The van der Waals surface area contributed by atoms with Gasteiger partial charge >= 0.3 is 0 Å². The van der Waals surface area contributed by atoms with E-state index < -0.39 is 0 Å². The largest absolute Gasteiger partial charge is 0.0588 e. The predicted octanol–water partition coefficient (Wildman–Crippen LogP) is 1.91. The Balaban J connectivity index is 2.07. The van der Waals surface area contributed by atoms with Gasteiger partial charge in [-0.3, -0.25) is 0 Å². The van der Waals surface area contributed by atoms with Crippen LogP contribution < -0.4 is 0 Å². The monoisotopic (exact) mass is 120 g/mol. The molecule has 2 bridgehead atoms. The first-order valence-corrected chi connectivity index (χ1v) is 4.22. The summed E-state index contributed by atoms with van der Waals surface area (Å²) in [5.41, 5.74) is 1.83. The molecule has 5 rings (SSSR count). The molecule has 5 aliphatic rings. The van der Waals surface area contributed by atoms with Gasteiger partial charge in [0.25, 0.3) is 0 Å². The standard InChI is InChI=1S/C9H12/c1-8-4-3-5-7(8)9(5,2)6(4)8/h4-7H,3H2,1-2H3/t4-,5+,6?,7?,8?,9?. The second-order valence-corrected chi connectivity index (χ2v) is 5.14. The summed E-state index contributed by atoms with van der Waals surface area (Å²) < 4.78 is 0. The van der Waals surface area contributed by atoms with Gasteiger partial charge in [-0.15, -0.1) is 0 Å². The average molecular weight is 120 g/mol. The van der Waals surface area contributed by atoms with Crippen LogP contribution in [0.15, 0.2) is 0 Å². The van der Waals surface area contributed by atoms with Gasteiger partial charge in [0.05, 0.1) is 0 Å². The van der Waals surface area contributed by atoms with Crippen LogP contribution in [0, 0.1) is 34.5 Å². The van der Waals surface area contributed by atoms with E-state index in [4.69, 9.17) is 0 Å². The van der Waals surface area contributed by atoms with Crippen molar-refractivity contribution in [1.29, 1.82) is 0 Å². The number of hydrogen-bond acceptors (Lipinski definition) is 0. The van der Waals surface area contributed by atoms with Crippen molar-refractivity contribution in [1.82, 2.24) is 0 Å². The Morgan fingerprint density at radius 3 is 1.56 bits per heavy atom. The average Bonchev–Trinajstić information content (AvgIpc) is 2.38. The van der Waals surface area contributed by atoms with E-state index in [0.29, 0.717) is 0 Å². The quantitative estimate of drug-likeness (QED) is 0.458. The maximum Gasteiger partial charge on any atom is -0.0221 e. The summed E-state index contributed by atoms with van der Waals surface area (Å²) in [7, 11) is 0. The second-order valence-electron chi connectivity index (χ2n) is 5.14. The summed E-state index contributed by atoms with van der Waals surface area (Å²) in [6.07, 6.45) is 1.61. The fourth-order valence-electron chi connectivity index (χ4n) is 5.26. The van der Waals surface area contributed by atoms with Crippen LogP contribution in [-0.4, -0.2) is 0 Å². The van der Waals surface area contributed by atoms with Crippen molar-refractivity contribution in [3.8, 4) is 0 Å². The molecule has 6 atom stereocenters. The first-order chi connectivity index (χ1) is 4.22. The van der Waals surface area contributed by atoms with E-state index in [1.165, 1.54) is 23.7 Å². The zero-order chi connectivity index (χ0) is 6.02. The molecular formula is C9H12. The maximum absolute atomic E-state index is 2.53. The van der Waals surface area contributed by atoms with Crippen molar-refractivity contribution >= 4 is 0 Å². The molecule has 5 aliphatic carbocycles. The highest BCUT2D eigenvalue weighted by Gasteiger charge is 3.00. The Bertz CT molecular complexity index is 196. The Morgan fingerprint density at radius 1 is 1.00 bits per heavy atom. The molecule has 0 aliphatic heterocycles. The third-order valence-corrected chi connectivity index (χ3v) is 5.37. The van der Waals surface area contributed by atoms with Gasteiger partial charge in [-0.1, -0.05) is 13.8 Å². The van der Waals surface area contributed by atoms with Crippen LogP contribution in [0.5, 0.6) is 0 Å². The molecule has 5 fully saturated rings. The summed E-state index contributed by atoms with van der Waals surface area (Å²) in [4.78, 5) is 0. The first kappa shape index (κ1) is 4.00. The molecule has 0 nitrogen and oxygen atoms in total. The van der Waals surface area contributed by atoms with E-state index in [2.05, 4.69) is 13.8 Å². The Kier molecular flexibility index (Phi) is 0.279. The molecule has 5 saturated carbocycles. The van der Waals surface area contributed by atoms with E-state index in [9.17, 15) is 0 Å². The van der Waals surface area contributed by atoms with Gasteiger partial charge in [-0.2, -0.15) is 0 Å². The van der Waals surface area contributed by atoms with Gasteiger partial charge in [-0.05, 0) is 40.9 Å². The third kappa shape index (κ3) is 0.149. The molecule has 0 saturated heterocycles. The molecule has 0 spiro atoms. The normalized spacial score (nSPS) is 94.0. The van der Waals surface area contributed by atoms with E-state index in [-0.39, 0.29) is 0 Å². The lowest BCUT2D eigenvalue weighted by atomic mass is 9.77. The minimum Gasteiger partial charge on any atom is -0.0588 e. The maximum atomic E-state index is 2.53. The van der Waals surface area contributed by atoms with Gasteiger partial charge in [-0.25, -0.2) is 0 Å². The predicted molar refractivity (Wildman–Crippen MR) is 34.8 cm³/mol. The minimum atomic E-state index is 0.916. The smallest absolute Gasteiger partial charge is 0.0221 e. The van der Waals surface area contributed by atoms with Crippen molar-refractivity contribution in [2.75, 3.05) is 0 Å². The molecule has 0 radical (unpaired) electrons. The lowest BCUT2D eigenvalue weighted by molar-refractivity contribution is 0.199. The lowest BCUT2D eigenvalue weighted by Gasteiger charge is -2.27. The Morgan fingerprint density at radius 2 is 1.44 bits per heavy atom. The molecule has 0 heteroatoms. The highest BCUT2D eigenvalue weighted by molar-refractivity contribution is 5.46. The molecule has 0 N–H and O–H groups in total. The fourth-order valence-corrected chi connectivity index (χ4v) is 5.26. The van der Waals surface area contributed by atoms with Crippen molar-refractivity contribution < 1.29 is 0 Å².